The number of nitrogens with zero attached hydrogens (tertiary/aromatic N) is 3. The summed E-state index contributed by atoms with van der Waals surface area (Å²) in [6.45, 7) is 0. The lowest BCUT2D eigenvalue weighted by Crippen LogP contribution is -1.99. The molecular formula is C18H13N3S. The summed E-state index contributed by atoms with van der Waals surface area (Å²) in [5, 5.41) is 10.3. The summed E-state index contributed by atoms with van der Waals surface area (Å²) in [4.78, 5) is 9.10. The van der Waals surface area contributed by atoms with Crippen molar-refractivity contribution >= 4 is 11.8 Å². The van der Waals surface area contributed by atoms with E-state index in [9.17, 15) is 5.26 Å². The first-order valence-electron chi connectivity index (χ1n) is 6.80. The van der Waals surface area contributed by atoms with Gasteiger partial charge in [-0.15, -0.1) is 0 Å². The van der Waals surface area contributed by atoms with Crippen LogP contribution < -0.4 is 0 Å². The molecule has 0 N–H and O–H groups in total. The molecule has 0 amide bonds. The maximum absolute atomic E-state index is 9.65. The third kappa shape index (κ3) is 2.72. The number of rotatable bonds is 3. The average molecular weight is 303 g/mol. The Hall–Kier alpha value is -2.64. The molecule has 0 aliphatic heterocycles. The minimum absolute atomic E-state index is 0.509. The van der Waals surface area contributed by atoms with E-state index >= 15 is 0 Å². The van der Waals surface area contributed by atoms with Gasteiger partial charge in [-0.05, 0) is 6.26 Å². The van der Waals surface area contributed by atoms with E-state index in [4.69, 9.17) is 0 Å². The first-order chi connectivity index (χ1) is 10.8. The SMILES string of the molecule is CSc1nc(-c2ccccc2)c(C#N)c(-c2ccccc2)n1. The molecule has 0 saturated carbocycles. The second-order valence-corrected chi connectivity index (χ2v) is 5.40. The molecule has 3 aromatic rings. The molecule has 0 spiro atoms. The van der Waals surface area contributed by atoms with Gasteiger partial charge in [-0.25, -0.2) is 9.97 Å². The first-order valence-corrected chi connectivity index (χ1v) is 8.03. The predicted octanol–water partition coefficient (Wildman–Crippen LogP) is 4.40. The Morgan fingerprint density at radius 2 is 1.27 bits per heavy atom. The molecule has 0 saturated heterocycles. The number of aromatic nitrogens is 2. The molecule has 0 bridgehead atoms. The van der Waals surface area contributed by atoms with Crippen molar-refractivity contribution in [1.82, 2.24) is 9.97 Å². The van der Waals surface area contributed by atoms with E-state index in [1.165, 1.54) is 11.8 Å². The third-order valence-electron chi connectivity index (χ3n) is 3.28. The van der Waals surface area contributed by atoms with Gasteiger partial charge in [0.15, 0.2) is 5.16 Å². The fourth-order valence-corrected chi connectivity index (χ4v) is 2.61. The monoisotopic (exact) mass is 303 g/mol. The fourth-order valence-electron chi connectivity index (χ4n) is 2.25. The molecule has 106 valence electrons. The zero-order valence-corrected chi connectivity index (χ0v) is 12.8. The van der Waals surface area contributed by atoms with Crippen LogP contribution in [0.15, 0.2) is 65.8 Å². The van der Waals surface area contributed by atoms with Crippen molar-refractivity contribution in [2.75, 3.05) is 6.26 Å². The van der Waals surface area contributed by atoms with E-state index in [2.05, 4.69) is 16.0 Å². The van der Waals surface area contributed by atoms with Gasteiger partial charge in [0.1, 0.15) is 11.6 Å². The van der Waals surface area contributed by atoms with Crippen LogP contribution in [0.2, 0.25) is 0 Å². The van der Waals surface area contributed by atoms with Crippen molar-refractivity contribution in [3.8, 4) is 28.6 Å². The van der Waals surface area contributed by atoms with Crippen molar-refractivity contribution in [2.24, 2.45) is 0 Å². The van der Waals surface area contributed by atoms with E-state index in [1.54, 1.807) is 0 Å². The molecule has 0 fully saturated rings. The average Bonchev–Trinajstić information content (AvgIpc) is 2.62. The number of hydrogen-bond acceptors (Lipinski definition) is 4. The molecule has 1 aromatic heterocycles. The fraction of sp³-hybridized carbons (Fsp3) is 0.0556. The molecule has 3 rings (SSSR count). The Bertz CT molecular complexity index is 763. The maximum Gasteiger partial charge on any atom is 0.188 e. The highest BCUT2D eigenvalue weighted by atomic mass is 32.2. The quantitative estimate of drug-likeness (QED) is 0.531. The van der Waals surface area contributed by atoms with Crippen LogP contribution >= 0.6 is 11.8 Å². The van der Waals surface area contributed by atoms with Crippen molar-refractivity contribution in [3.05, 3.63) is 66.2 Å². The lowest BCUT2D eigenvalue weighted by Gasteiger charge is -2.10. The van der Waals surface area contributed by atoms with Gasteiger partial charge in [-0.2, -0.15) is 5.26 Å². The second-order valence-electron chi connectivity index (χ2n) is 4.63. The predicted molar refractivity (Wildman–Crippen MR) is 89.4 cm³/mol. The standard InChI is InChI=1S/C18H13N3S/c1-22-18-20-16(13-8-4-2-5-9-13)15(12-19)17(21-18)14-10-6-3-7-11-14/h2-11H,1H3. The molecule has 0 aliphatic rings. The molecule has 0 radical (unpaired) electrons. The largest absolute Gasteiger partial charge is 0.221 e. The highest BCUT2D eigenvalue weighted by molar-refractivity contribution is 7.98. The first kappa shape index (κ1) is 14.3. The Balaban J connectivity index is 2.30. The lowest BCUT2D eigenvalue weighted by atomic mass is 10.0. The van der Waals surface area contributed by atoms with Gasteiger partial charge in [0, 0.05) is 11.1 Å². The summed E-state index contributed by atoms with van der Waals surface area (Å²) in [6, 6.07) is 21.8. The summed E-state index contributed by atoms with van der Waals surface area (Å²) in [5.74, 6) is 0. The van der Waals surface area contributed by atoms with Crippen molar-refractivity contribution in [1.29, 1.82) is 5.26 Å². The van der Waals surface area contributed by atoms with Crippen LogP contribution in [-0.2, 0) is 0 Å². The van der Waals surface area contributed by atoms with Crippen molar-refractivity contribution in [2.45, 2.75) is 5.16 Å². The van der Waals surface area contributed by atoms with Crippen LogP contribution in [0.4, 0.5) is 0 Å². The lowest BCUT2D eigenvalue weighted by molar-refractivity contribution is 0.976. The Morgan fingerprint density at radius 3 is 1.64 bits per heavy atom. The van der Waals surface area contributed by atoms with Crippen LogP contribution in [-0.4, -0.2) is 16.2 Å². The van der Waals surface area contributed by atoms with Crippen molar-refractivity contribution in [3.63, 3.8) is 0 Å². The Kier molecular flexibility index (Phi) is 4.17. The van der Waals surface area contributed by atoms with E-state index in [-0.39, 0.29) is 0 Å². The smallest absolute Gasteiger partial charge is 0.188 e. The van der Waals surface area contributed by atoms with Crippen LogP contribution in [0.3, 0.4) is 0 Å². The van der Waals surface area contributed by atoms with Gasteiger partial charge in [0.25, 0.3) is 0 Å². The number of thioether (sulfide) groups is 1. The van der Waals surface area contributed by atoms with Crippen LogP contribution in [0, 0.1) is 11.3 Å². The van der Waals surface area contributed by atoms with E-state index in [1.807, 2.05) is 66.9 Å². The summed E-state index contributed by atoms with van der Waals surface area (Å²) in [6.07, 6.45) is 1.94. The van der Waals surface area contributed by atoms with Crippen LogP contribution in [0.1, 0.15) is 5.56 Å². The van der Waals surface area contributed by atoms with Gasteiger partial charge < -0.3 is 0 Å². The normalized spacial score (nSPS) is 10.2. The molecule has 3 nitrogen and oxygen atoms in total. The molecule has 0 unspecified atom stereocenters. The third-order valence-corrected chi connectivity index (χ3v) is 3.83. The molecule has 22 heavy (non-hydrogen) atoms. The summed E-state index contributed by atoms with van der Waals surface area (Å²) >= 11 is 1.47. The molecule has 0 atom stereocenters. The van der Waals surface area contributed by atoms with E-state index < -0.39 is 0 Å². The summed E-state index contributed by atoms with van der Waals surface area (Å²) in [5.41, 5.74) is 3.72. The number of hydrogen-bond donors (Lipinski definition) is 0. The van der Waals surface area contributed by atoms with Crippen LogP contribution in [0.25, 0.3) is 22.5 Å². The van der Waals surface area contributed by atoms with Gasteiger partial charge in [-0.1, -0.05) is 72.4 Å². The van der Waals surface area contributed by atoms with E-state index in [0.717, 1.165) is 11.1 Å². The zero-order valence-electron chi connectivity index (χ0n) is 12.0. The topological polar surface area (TPSA) is 49.6 Å². The Labute approximate surface area is 133 Å². The molecule has 1 heterocycles. The highest BCUT2D eigenvalue weighted by Gasteiger charge is 2.16. The molecule has 4 heteroatoms. The highest BCUT2D eigenvalue weighted by Crippen LogP contribution is 2.30. The van der Waals surface area contributed by atoms with E-state index in [0.29, 0.717) is 22.1 Å². The van der Waals surface area contributed by atoms with Crippen LogP contribution in [0.5, 0.6) is 0 Å². The summed E-state index contributed by atoms with van der Waals surface area (Å²) in [7, 11) is 0. The molecular weight excluding hydrogens is 290 g/mol. The van der Waals surface area contributed by atoms with Gasteiger partial charge in [0.2, 0.25) is 0 Å². The zero-order chi connectivity index (χ0) is 15.4. The minimum Gasteiger partial charge on any atom is -0.221 e. The molecule has 0 aliphatic carbocycles. The number of nitriles is 1. The second kappa shape index (κ2) is 6.42. The van der Waals surface area contributed by atoms with Gasteiger partial charge in [-0.3, -0.25) is 0 Å². The Morgan fingerprint density at radius 1 is 0.818 bits per heavy atom. The van der Waals surface area contributed by atoms with Gasteiger partial charge in [0.05, 0.1) is 11.4 Å². The van der Waals surface area contributed by atoms with Crippen molar-refractivity contribution < 1.29 is 0 Å². The minimum atomic E-state index is 0.509. The number of benzene rings is 2. The molecule has 2 aromatic carbocycles. The summed E-state index contributed by atoms with van der Waals surface area (Å²) < 4.78 is 0. The maximum atomic E-state index is 9.65. The van der Waals surface area contributed by atoms with Gasteiger partial charge >= 0.3 is 0 Å².